The van der Waals surface area contributed by atoms with Gasteiger partial charge in [0.15, 0.2) is 11.5 Å². The second-order valence-corrected chi connectivity index (χ2v) is 6.86. The number of aromatic nitrogens is 6. The number of aryl methyl sites for hydroxylation is 1. The first-order valence-corrected chi connectivity index (χ1v) is 8.65. The summed E-state index contributed by atoms with van der Waals surface area (Å²) in [7, 11) is 0. The van der Waals surface area contributed by atoms with Crippen LogP contribution in [0.5, 0.6) is 0 Å². The number of hydrogen-bond donors (Lipinski definition) is 1. The Bertz CT molecular complexity index is 1080. The lowest BCUT2D eigenvalue weighted by Gasteiger charge is -2.16. The summed E-state index contributed by atoms with van der Waals surface area (Å²) >= 11 is 12.2. The molecule has 0 spiro atoms. The molecule has 0 aliphatic carbocycles. The van der Waals surface area contributed by atoms with Gasteiger partial charge in [-0.2, -0.15) is 5.10 Å². The first-order valence-electron chi connectivity index (χ1n) is 7.90. The second kappa shape index (κ2) is 5.54. The van der Waals surface area contributed by atoms with Crippen LogP contribution in [0.1, 0.15) is 23.9 Å². The van der Waals surface area contributed by atoms with Crippen molar-refractivity contribution in [2.24, 2.45) is 0 Å². The zero-order valence-electron chi connectivity index (χ0n) is 12.9. The summed E-state index contributed by atoms with van der Waals surface area (Å²) in [6.45, 7) is 0. The Hall–Kier alpha value is -2.44. The van der Waals surface area contributed by atoms with E-state index in [0.29, 0.717) is 10.8 Å². The van der Waals surface area contributed by atoms with Crippen molar-refractivity contribution >= 4 is 34.2 Å². The van der Waals surface area contributed by atoms with E-state index in [1.807, 2.05) is 18.2 Å². The fourth-order valence-electron chi connectivity index (χ4n) is 3.41. The Labute approximate surface area is 152 Å². The maximum Gasteiger partial charge on any atom is 0.182 e. The molecule has 8 heteroatoms. The van der Waals surface area contributed by atoms with Crippen LogP contribution in [0.15, 0.2) is 36.5 Å². The average molecular weight is 371 g/mol. The number of benzene rings is 1. The molecule has 0 amide bonds. The molecule has 4 heterocycles. The maximum absolute atomic E-state index is 6.15. The van der Waals surface area contributed by atoms with Gasteiger partial charge in [0.05, 0.1) is 11.4 Å². The van der Waals surface area contributed by atoms with E-state index in [1.54, 1.807) is 6.20 Å². The summed E-state index contributed by atoms with van der Waals surface area (Å²) in [5, 5.41) is 17.5. The molecule has 4 aromatic rings. The predicted molar refractivity (Wildman–Crippen MR) is 95.8 cm³/mol. The predicted octanol–water partition coefficient (Wildman–Crippen LogP) is 4.06. The van der Waals surface area contributed by atoms with Crippen molar-refractivity contribution in [3.05, 3.63) is 58.1 Å². The number of nitrogens with one attached hydrogen (secondary N) is 1. The standard InChI is InChI=1S/C17H12Cl2N6/c18-11-3-1-9(2-4-11)13-5-6-14-21-24-17(25(13)14)10-7-12-15(19)22-23-16(12)20-8-10/h1-4,7-8,13H,5-6H2,(H,20,22,23). The van der Waals surface area contributed by atoms with Crippen molar-refractivity contribution < 1.29 is 0 Å². The summed E-state index contributed by atoms with van der Waals surface area (Å²) in [4.78, 5) is 4.37. The molecule has 1 unspecified atom stereocenters. The van der Waals surface area contributed by atoms with Gasteiger partial charge in [0.25, 0.3) is 0 Å². The minimum atomic E-state index is 0.188. The lowest BCUT2D eigenvalue weighted by Crippen LogP contribution is -2.07. The zero-order valence-corrected chi connectivity index (χ0v) is 14.5. The first-order chi connectivity index (χ1) is 12.2. The summed E-state index contributed by atoms with van der Waals surface area (Å²) < 4.78 is 2.18. The fourth-order valence-corrected chi connectivity index (χ4v) is 3.71. The van der Waals surface area contributed by atoms with Gasteiger partial charge < -0.3 is 4.57 Å². The largest absolute Gasteiger partial charge is 0.303 e. The number of aromatic amines is 1. The molecule has 0 saturated heterocycles. The smallest absolute Gasteiger partial charge is 0.182 e. The highest BCUT2D eigenvalue weighted by molar-refractivity contribution is 6.34. The molecule has 0 saturated carbocycles. The lowest BCUT2D eigenvalue weighted by molar-refractivity contribution is 0.622. The van der Waals surface area contributed by atoms with Crippen LogP contribution in [-0.4, -0.2) is 29.9 Å². The summed E-state index contributed by atoms with van der Waals surface area (Å²) in [5.74, 6) is 1.77. The molecule has 0 radical (unpaired) electrons. The molecular formula is C17H12Cl2N6. The van der Waals surface area contributed by atoms with Crippen molar-refractivity contribution in [2.45, 2.75) is 18.9 Å². The van der Waals surface area contributed by atoms with Crippen LogP contribution >= 0.6 is 23.2 Å². The van der Waals surface area contributed by atoms with Crippen LogP contribution in [0.2, 0.25) is 10.2 Å². The van der Waals surface area contributed by atoms with Gasteiger partial charge in [-0.15, -0.1) is 10.2 Å². The van der Waals surface area contributed by atoms with E-state index in [1.165, 1.54) is 5.56 Å². The molecule has 1 aliphatic heterocycles. The Balaban J connectivity index is 1.64. The van der Waals surface area contributed by atoms with Gasteiger partial charge in [-0.25, -0.2) is 4.98 Å². The van der Waals surface area contributed by atoms with Crippen LogP contribution in [0.25, 0.3) is 22.4 Å². The van der Waals surface area contributed by atoms with Crippen molar-refractivity contribution in [3.8, 4) is 11.4 Å². The lowest BCUT2D eigenvalue weighted by atomic mass is 10.0. The van der Waals surface area contributed by atoms with Crippen LogP contribution in [0.4, 0.5) is 0 Å². The van der Waals surface area contributed by atoms with Gasteiger partial charge >= 0.3 is 0 Å². The highest BCUT2D eigenvalue weighted by Gasteiger charge is 2.29. The molecule has 3 aromatic heterocycles. The maximum atomic E-state index is 6.15. The van der Waals surface area contributed by atoms with Crippen molar-refractivity contribution in [1.82, 2.24) is 29.9 Å². The molecular weight excluding hydrogens is 359 g/mol. The highest BCUT2D eigenvalue weighted by atomic mass is 35.5. The SMILES string of the molecule is Clc1ccc(C2CCc3nnc(-c4cnc5n[nH]c(Cl)c5c4)n32)cc1. The Morgan fingerprint density at radius 3 is 2.80 bits per heavy atom. The number of pyridine rings is 1. The van der Waals surface area contributed by atoms with E-state index in [2.05, 4.69) is 42.1 Å². The number of halogens is 2. The summed E-state index contributed by atoms with van der Waals surface area (Å²) in [6.07, 6.45) is 3.64. The van der Waals surface area contributed by atoms with E-state index >= 15 is 0 Å². The minimum Gasteiger partial charge on any atom is -0.303 e. The van der Waals surface area contributed by atoms with E-state index in [9.17, 15) is 0 Å². The number of H-pyrrole nitrogens is 1. The molecule has 0 fully saturated rings. The van der Waals surface area contributed by atoms with Gasteiger partial charge in [-0.05, 0) is 30.2 Å². The second-order valence-electron chi connectivity index (χ2n) is 6.05. The Morgan fingerprint density at radius 2 is 1.96 bits per heavy atom. The summed E-state index contributed by atoms with van der Waals surface area (Å²) in [5.41, 5.74) is 2.65. The third kappa shape index (κ3) is 2.33. The van der Waals surface area contributed by atoms with Gasteiger partial charge in [0.1, 0.15) is 11.0 Å². The van der Waals surface area contributed by atoms with Gasteiger partial charge in [-0.3, -0.25) is 5.10 Å². The Kier molecular flexibility index (Phi) is 3.29. The van der Waals surface area contributed by atoms with Crippen LogP contribution in [0.3, 0.4) is 0 Å². The van der Waals surface area contributed by atoms with Crippen LogP contribution in [0, 0.1) is 0 Å². The molecule has 1 aliphatic rings. The van der Waals surface area contributed by atoms with Crippen LogP contribution in [-0.2, 0) is 6.42 Å². The van der Waals surface area contributed by atoms with E-state index in [4.69, 9.17) is 23.2 Å². The molecule has 1 aromatic carbocycles. The van der Waals surface area contributed by atoms with Gasteiger partial charge in [-0.1, -0.05) is 35.3 Å². The number of hydrogen-bond acceptors (Lipinski definition) is 4. The van der Waals surface area contributed by atoms with Crippen molar-refractivity contribution in [2.75, 3.05) is 0 Å². The first kappa shape index (κ1) is 14.9. The molecule has 124 valence electrons. The average Bonchev–Trinajstić information content (AvgIpc) is 3.31. The van der Waals surface area contributed by atoms with E-state index in [0.717, 1.165) is 40.5 Å². The molecule has 1 atom stereocenters. The van der Waals surface area contributed by atoms with E-state index in [-0.39, 0.29) is 6.04 Å². The monoisotopic (exact) mass is 370 g/mol. The quantitative estimate of drug-likeness (QED) is 0.577. The molecule has 0 bridgehead atoms. The minimum absolute atomic E-state index is 0.188. The third-order valence-corrected chi connectivity index (χ3v) is 5.14. The highest BCUT2D eigenvalue weighted by Crippen LogP contribution is 2.36. The zero-order chi connectivity index (χ0) is 17.0. The third-order valence-electron chi connectivity index (χ3n) is 4.60. The molecule has 1 N–H and O–H groups in total. The van der Waals surface area contributed by atoms with Crippen molar-refractivity contribution in [1.29, 1.82) is 0 Å². The topological polar surface area (TPSA) is 72.3 Å². The fraction of sp³-hybridized carbons (Fsp3) is 0.176. The van der Waals surface area contributed by atoms with Crippen molar-refractivity contribution in [3.63, 3.8) is 0 Å². The molecule has 5 rings (SSSR count). The summed E-state index contributed by atoms with van der Waals surface area (Å²) in [6, 6.07) is 10.1. The normalized spacial score (nSPS) is 16.5. The number of nitrogens with zero attached hydrogens (tertiary/aromatic N) is 5. The van der Waals surface area contributed by atoms with E-state index < -0.39 is 0 Å². The van der Waals surface area contributed by atoms with Gasteiger partial charge in [0, 0.05) is 23.2 Å². The number of rotatable bonds is 2. The molecule has 25 heavy (non-hydrogen) atoms. The number of fused-ring (bicyclic) bond motifs is 2. The Morgan fingerprint density at radius 1 is 1.12 bits per heavy atom. The van der Waals surface area contributed by atoms with Gasteiger partial charge in [0.2, 0.25) is 0 Å². The molecule has 6 nitrogen and oxygen atoms in total. The van der Waals surface area contributed by atoms with Crippen LogP contribution < -0.4 is 0 Å².